The van der Waals surface area contributed by atoms with Gasteiger partial charge in [0.2, 0.25) is 0 Å². The lowest BCUT2D eigenvalue weighted by Gasteiger charge is -2.09. The number of carbonyl (C=O) groups is 2. The van der Waals surface area contributed by atoms with Crippen LogP contribution >= 0.6 is 0 Å². The van der Waals surface area contributed by atoms with Gasteiger partial charge in [-0.15, -0.1) is 0 Å². The maximum atomic E-state index is 13.0. The number of hydrogen-bond acceptors (Lipinski definition) is 7. The third-order valence-corrected chi connectivity index (χ3v) is 7.78. The SMILES string of the molecule is C=CC(=O)OCCCCCCOc1ccc2cc(C(=O)Oc3ccc(-c4cc5c(ccc6ccccc65)oc4=O)cc3)ccc2c1. The van der Waals surface area contributed by atoms with Crippen LogP contribution in [0.2, 0.25) is 0 Å². The third kappa shape index (κ3) is 7.00. The summed E-state index contributed by atoms with van der Waals surface area (Å²) in [4.78, 5) is 36.8. The van der Waals surface area contributed by atoms with Crippen molar-refractivity contribution < 1.29 is 28.2 Å². The van der Waals surface area contributed by atoms with Crippen molar-refractivity contribution in [2.75, 3.05) is 13.2 Å². The number of benzene rings is 5. The molecule has 0 N–H and O–H groups in total. The summed E-state index contributed by atoms with van der Waals surface area (Å²) in [7, 11) is 0. The largest absolute Gasteiger partial charge is 0.494 e. The van der Waals surface area contributed by atoms with E-state index in [-0.39, 0.29) is 0 Å². The molecule has 6 aromatic rings. The van der Waals surface area contributed by atoms with E-state index in [4.69, 9.17) is 18.6 Å². The minimum atomic E-state index is -0.481. The molecule has 230 valence electrons. The number of esters is 2. The highest BCUT2D eigenvalue weighted by molar-refractivity contribution is 6.06. The number of fused-ring (bicyclic) bond motifs is 4. The number of rotatable bonds is 12. The molecule has 0 aliphatic carbocycles. The number of carbonyl (C=O) groups excluding carboxylic acids is 2. The summed E-state index contributed by atoms with van der Waals surface area (Å²) < 4.78 is 22.2. The normalized spacial score (nSPS) is 11.0. The molecule has 0 spiro atoms. The molecule has 0 radical (unpaired) electrons. The molecule has 0 aliphatic heterocycles. The number of hydrogen-bond donors (Lipinski definition) is 0. The van der Waals surface area contributed by atoms with Crippen LogP contribution < -0.4 is 15.1 Å². The molecule has 0 aliphatic rings. The Hall–Kier alpha value is -5.69. The quantitative estimate of drug-likeness (QED) is 0.0341. The lowest BCUT2D eigenvalue weighted by atomic mass is 10.0. The molecule has 46 heavy (non-hydrogen) atoms. The second kappa shape index (κ2) is 13.9. The summed E-state index contributed by atoms with van der Waals surface area (Å²) >= 11 is 0. The van der Waals surface area contributed by atoms with Crippen LogP contribution in [0, 0.1) is 0 Å². The molecule has 0 fully saturated rings. The molecular weight excluding hydrogens is 580 g/mol. The molecule has 0 atom stereocenters. The zero-order valence-electron chi connectivity index (χ0n) is 25.2. The van der Waals surface area contributed by atoms with Gasteiger partial charge in [0.05, 0.1) is 24.3 Å². The van der Waals surface area contributed by atoms with Crippen LogP contribution in [-0.2, 0) is 9.53 Å². The molecule has 0 unspecified atom stereocenters. The second-order valence-electron chi connectivity index (χ2n) is 10.9. The van der Waals surface area contributed by atoms with E-state index in [0.717, 1.165) is 58.4 Å². The highest BCUT2D eigenvalue weighted by Gasteiger charge is 2.13. The third-order valence-electron chi connectivity index (χ3n) is 7.78. The van der Waals surface area contributed by atoms with E-state index in [1.807, 2.05) is 66.7 Å². The lowest BCUT2D eigenvalue weighted by Crippen LogP contribution is -2.08. The Kier molecular flexibility index (Phi) is 9.20. The maximum Gasteiger partial charge on any atom is 0.344 e. The Morgan fingerprint density at radius 1 is 0.696 bits per heavy atom. The van der Waals surface area contributed by atoms with Gasteiger partial charge in [0.25, 0.3) is 0 Å². The van der Waals surface area contributed by atoms with Gasteiger partial charge >= 0.3 is 17.6 Å². The minimum Gasteiger partial charge on any atom is -0.494 e. The first-order chi connectivity index (χ1) is 22.5. The molecule has 1 heterocycles. The Bertz CT molecular complexity index is 2110. The van der Waals surface area contributed by atoms with Crippen LogP contribution in [0.3, 0.4) is 0 Å². The highest BCUT2D eigenvalue weighted by Crippen LogP contribution is 2.29. The van der Waals surface area contributed by atoms with Gasteiger partial charge in [-0.2, -0.15) is 0 Å². The maximum absolute atomic E-state index is 13.0. The van der Waals surface area contributed by atoms with Crippen molar-refractivity contribution in [1.82, 2.24) is 0 Å². The van der Waals surface area contributed by atoms with Gasteiger partial charge in [-0.1, -0.05) is 61.2 Å². The molecule has 7 nitrogen and oxygen atoms in total. The fraction of sp³-hybridized carbons (Fsp3) is 0.154. The Labute approximate surface area is 265 Å². The van der Waals surface area contributed by atoms with Crippen molar-refractivity contribution in [2.45, 2.75) is 25.7 Å². The van der Waals surface area contributed by atoms with Gasteiger partial charge in [-0.3, -0.25) is 0 Å². The smallest absolute Gasteiger partial charge is 0.344 e. The summed E-state index contributed by atoms with van der Waals surface area (Å²) in [6.07, 6.45) is 4.80. The first kappa shape index (κ1) is 30.3. The van der Waals surface area contributed by atoms with Gasteiger partial charge in [-0.25, -0.2) is 14.4 Å². The van der Waals surface area contributed by atoms with E-state index in [0.29, 0.717) is 41.2 Å². The lowest BCUT2D eigenvalue weighted by molar-refractivity contribution is -0.137. The predicted octanol–water partition coefficient (Wildman–Crippen LogP) is 8.65. The molecule has 0 amide bonds. The van der Waals surface area contributed by atoms with Gasteiger partial charge in [0, 0.05) is 11.5 Å². The van der Waals surface area contributed by atoms with Crippen LogP contribution in [-0.4, -0.2) is 25.2 Å². The molecular formula is C39H32O7. The van der Waals surface area contributed by atoms with E-state index in [1.54, 1.807) is 36.4 Å². The number of unbranched alkanes of at least 4 members (excludes halogenated alkanes) is 3. The molecule has 6 rings (SSSR count). The number of ether oxygens (including phenoxy) is 3. The standard InChI is InChI=1S/C39H32O7/c1-2-37(40)44-22-8-4-3-7-21-43-32-19-15-28-23-30(12-11-29(28)24-32)38(41)45-31-17-13-27(14-18-31)34-25-35-33-10-6-5-9-26(33)16-20-36(35)46-39(34)42/h2,5-6,9-20,23-25H,1,3-4,7-8,21-22H2. The molecule has 0 saturated carbocycles. The van der Waals surface area contributed by atoms with Crippen LogP contribution in [0.1, 0.15) is 36.0 Å². The average molecular weight is 613 g/mol. The fourth-order valence-electron chi connectivity index (χ4n) is 5.36. The molecule has 7 heteroatoms. The van der Waals surface area contributed by atoms with Crippen molar-refractivity contribution in [2.24, 2.45) is 0 Å². The first-order valence-corrected chi connectivity index (χ1v) is 15.2. The van der Waals surface area contributed by atoms with Gasteiger partial charge in [0.15, 0.2) is 0 Å². The molecule has 0 bridgehead atoms. The zero-order chi connectivity index (χ0) is 31.9. The van der Waals surface area contributed by atoms with Crippen molar-refractivity contribution in [1.29, 1.82) is 0 Å². The zero-order valence-corrected chi connectivity index (χ0v) is 25.2. The van der Waals surface area contributed by atoms with E-state index in [1.165, 1.54) is 6.08 Å². The van der Waals surface area contributed by atoms with Crippen molar-refractivity contribution in [3.05, 3.63) is 132 Å². The van der Waals surface area contributed by atoms with E-state index in [9.17, 15) is 14.4 Å². The predicted molar refractivity (Wildman–Crippen MR) is 179 cm³/mol. The highest BCUT2D eigenvalue weighted by atomic mass is 16.5. The summed E-state index contributed by atoms with van der Waals surface area (Å²) in [5.74, 6) is 0.256. The Morgan fingerprint density at radius 2 is 1.41 bits per heavy atom. The van der Waals surface area contributed by atoms with Crippen LogP contribution in [0.5, 0.6) is 11.5 Å². The average Bonchev–Trinajstić information content (AvgIpc) is 3.09. The Balaban J connectivity index is 1.06. The summed E-state index contributed by atoms with van der Waals surface area (Å²) in [5, 5.41) is 4.76. The van der Waals surface area contributed by atoms with Gasteiger partial charge in [-0.05, 0) is 101 Å². The molecule has 0 saturated heterocycles. The van der Waals surface area contributed by atoms with Gasteiger partial charge < -0.3 is 18.6 Å². The molecule has 5 aromatic carbocycles. The van der Waals surface area contributed by atoms with Crippen molar-refractivity contribution in [3.63, 3.8) is 0 Å². The van der Waals surface area contributed by atoms with Gasteiger partial charge in [0.1, 0.15) is 17.1 Å². The fourth-order valence-corrected chi connectivity index (χ4v) is 5.36. The van der Waals surface area contributed by atoms with E-state index >= 15 is 0 Å². The first-order valence-electron chi connectivity index (χ1n) is 15.2. The molecule has 1 aromatic heterocycles. The topological polar surface area (TPSA) is 92.0 Å². The second-order valence-corrected chi connectivity index (χ2v) is 10.9. The minimum absolute atomic E-state index is 0.367. The van der Waals surface area contributed by atoms with Crippen LogP contribution in [0.25, 0.3) is 43.6 Å². The van der Waals surface area contributed by atoms with Crippen LogP contribution in [0.4, 0.5) is 0 Å². The summed E-state index contributed by atoms with van der Waals surface area (Å²) in [6, 6.07) is 31.5. The summed E-state index contributed by atoms with van der Waals surface area (Å²) in [5.41, 5.74) is 1.62. The van der Waals surface area contributed by atoms with Crippen molar-refractivity contribution in [3.8, 4) is 22.6 Å². The Morgan fingerprint density at radius 3 is 2.24 bits per heavy atom. The monoisotopic (exact) mass is 612 g/mol. The summed E-state index contributed by atoms with van der Waals surface area (Å²) in [6.45, 7) is 4.37. The van der Waals surface area contributed by atoms with Crippen LogP contribution in [0.15, 0.2) is 125 Å². The van der Waals surface area contributed by atoms with E-state index < -0.39 is 17.6 Å². The van der Waals surface area contributed by atoms with E-state index in [2.05, 4.69) is 6.58 Å². The van der Waals surface area contributed by atoms with Crippen molar-refractivity contribution >= 4 is 44.5 Å².